The fourth-order valence-electron chi connectivity index (χ4n) is 1.91. The zero-order valence-corrected chi connectivity index (χ0v) is 13.5. The highest BCUT2D eigenvalue weighted by molar-refractivity contribution is 6.33. The average molecular weight is 341 g/mol. The van der Waals surface area contributed by atoms with E-state index < -0.39 is 11.5 Å². The van der Waals surface area contributed by atoms with Gasteiger partial charge in [-0.1, -0.05) is 29.3 Å². The molecule has 116 valence electrons. The lowest BCUT2D eigenvalue weighted by Crippen LogP contribution is -2.33. The monoisotopic (exact) mass is 340 g/mol. The molecule has 8 heteroatoms. The number of hydrogen-bond acceptors (Lipinski definition) is 4. The number of halogens is 2. The van der Waals surface area contributed by atoms with E-state index in [0.29, 0.717) is 16.4 Å². The van der Waals surface area contributed by atoms with Crippen LogP contribution in [0.5, 0.6) is 0 Å². The summed E-state index contributed by atoms with van der Waals surface area (Å²) < 4.78 is 1.15. The number of aromatic nitrogens is 2. The third-order valence-electron chi connectivity index (χ3n) is 3.10. The van der Waals surface area contributed by atoms with Crippen LogP contribution in [0.4, 0.5) is 5.69 Å². The largest absolute Gasteiger partial charge is 0.368 e. The molecule has 0 radical (unpaired) electrons. The summed E-state index contributed by atoms with van der Waals surface area (Å²) in [5.41, 5.74) is 6.35. The topological polar surface area (TPSA) is 81.2 Å². The number of nitrogens with zero attached hydrogens (tertiary/aromatic N) is 3. The third kappa shape index (κ3) is 3.23. The van der Waals surface area contributed by atoms with E-state index in [0.717, 1.165) is 10.2 Å². The van der Waals surface area contributed by atoms with Crippen molar-refractivity contribution < 1.29 is 4.79 Å². The number of carbonyl (C=O) groups excluding carboxylic acids is 1. The van der Waals surface area contributed by atoms with Crippen LogP contribution in [-0.2, 0) is 4.79 Å². The fourth-order valence-corrected chi connectivity index (χ4v) is 2.35. The van der Waals surface area contributed by atoms with Gasteiger partial charge in [-0.25, -0.2) is 0 Å². The second kappa shape index (κ2) is 6.37. The molecule has 0 aliphatic rings. The van der Waals surface area contributed by atoms with E-state index in [4.69, 9.17) is 28.9 Å². The van der Waals surface area contributed by atoms with Crippen LogP contribution < -0.4 is 16.2 Å². The van der Waals surface area contributed by atoms with Crippen molar-refractivity contribution in [3.63, 3.8) is 0 Å². The summed E-state index contributed by atoms with van der Waals surface area (Å²) in [4.78, 5) is 24.8. The van der Waals surface area contributed by atoms with Crippen LogP contribution in [0.15, 0.2) is 29.2 Å². The maximum atomic E-state index is 12.4. The van der Waals surface area contributed by atoms with Crippen LogP contribution >= 0.6 is 23.2 Å². The Morgan fingerprint density at radius 3 is 2.68 bits per heavy atom. The highest BCUT2D eigenvalue weighted by Crippen LogP contribution is 2.22. The van der Waals surface area contributed by atoms with Gasteiger partial charge in [0.1, 0.15) is 5.02 Å². The molecule has 0 atom stereocenters. The van der Waals surface area contributed by atoms with Crippen LogP contribution in [0.2, 0.25) is 10.0 Å². The van der Waals surface area contributed by atoms with Crippen molar-refractivity contribution in [3.05, 3.63) is 50.4 Å². The minimum atomic E-state index is -0.534. The maximum Gasteiger partial charge on any atom is 0.292 e. The van der Waals surface area contributed by atoms with E-state index in [-0.39, 0.29) is 11.6 Å². The molecule has 2 rings (SSSR count). The number of benzene rings is 1. The zero-order chi connectivity index (χ0) is 16.4. The molecule has 6 nitrogen and oxygen atoms in total. The minimum absolute atomic E-state index is 0.0459. The number of amides is 1. The third-order valence-corrected chi connectivity index (χ3v) is 3.87. The van der Waals surface area contributed by atoms with Gasteiger partial charge in [0, 0.05) is 12.1 Å². The SMILES string of the molecule is Cc1ccc(-n2ncc(N(C)CC(N)=O)c(Cl)c2=O)cc1Cl. The summed E-state index contributed by atoms with van der Waals surface area (Å²) in [7, 11) is 1.60. The standard InChI is InChI=1S/C14H14Cl2N4O2/c1-8-3-4-9(5-10(8)15)20-14(22)13(16)11(6-18-20)19(2)7-12(17)21/h3-6H,7H2,1-2H3,(H2,17,21). The zero-order valence-electron chi connectivity index (χ0n) is 12.0. The summed E-state index contributed by atoms with van der Waals surface area (Å²) >= 11 is 12.2. The Bertz CT molecular complexity index is 789. The summed E-state index contributed by atoms with van der Waals surface area (Å²) in [5, 5.41) is 4.56. The highest BCUT2D eigenvalue weighted by atomic mass is 35.5. The average Bonchev–Trinajstić information content (AvgIpc) is 2.44. The van der Waals surface area contributed by atoms with Crippen LogP contribution in [0.3, 0.4) is 0 Å². The second-order valence-corrected chi connectivity index (χ2v) is 5.60. The number of nitrogens with two attached hydrogens (primary N) is 1. The van der Waals surface area contributed by atoms with E-state index >= 15 is 0 Å². The van der Waals surface area contributed by atoms with Crippen molar-refractivity contribution in [2.24, 2.45) is 5.73 Å². The van der Waals surface area contributed by atoms with E-state index in [9.17, 15) is 9.59 Å². The van der Waals surface area contributed by atoms with Gasteiger partial charge in [-0.2, -0.15) is 9.78 Å². The highest BCUT2D eigenvalue weighted by Gasteiger charge is 2.15. The number of likely N-dealkylation sites (N-methyl/N-ethyl adjacent to an activating group) is 1. The normalized spacial score (nSPS) is 10.5. The van der Waals surface area contributed by atoms with E-state index in [1.54, 1.807) is 25.2 Å². The summed E-state index contributed by atoms with van der Waals surface area (Å²) in [5.74, 6) is -0.534. The molecule has 1 aromatic heterocycles. The van der Waals surface area contributed by atoms with E-state index in [1.165, 1.54) is 11.1 Å². The van der Waals surface area contributed by atoms with Crippen molar-refractivity contribution in [2.45, 2.75) is 6.92 Å². The van der Waals surface area contributed by atoms with Crippen molar-refractivity contribution in [3.8, 4) is 5.69 Å². The first kappa shape index (κ1) is 16.3. The second-order valence-electron chi connectivity index (χ2n) is 4.82. The lowest BCUT2D eigenvalue weighted by atomic mass is 10.2. The van der Waals surface area contributed by atoms with Gasteiger partial charge < -0.3 is 10.6 Å². The summed E-state index contributed by atoms with van der Waals surface area (Å²) in [6, 6.07) is 5.14. The predicted octanol–water partition coefficient (Wildman–Crippen LogP) is 1.77. The fraction of sp³-hybridized carbons (Fsp3) is 0.214. The minimum Gasteiger partial charge on any atom is -0.368 e. The van der Waals surface area contributed by atoms with Crippen LogP contribution in [0.25, 0.3) is 5.69 Å². The molecular formula is C14H14Cl2N4O2. The van der Waals surface area contributed by atoms with Gasteiger partial charge in [0.15, 0.2) is 0 Å². The van der Waals surface area contributed by atoms with Crippen molar-refractivity contribution in [2.75, 3.05) is 18.5 Å². The van der Waals surface area contributed by atoms with E-state index in [2.05, 4.69) is 5.10 Å². The Morgan fingerprint density at radius 1 is 1.41 bits per heavy atom. The van der Waals surface area contributed by atoms with Crippen LogP contribution in [0.1, 0.15) is 5.56 Å². The smallest absolute Gasteiger partial charge is 0.292 e. The molecule has 2 aromatic rings. The molecule has 0 saturated heterocycles. The number of anilines is 1. The van der Waals surface area contributed by atoms with Gasteiger partial charge in [-0.05, 0) is 24.6 Å². The molecule has 22 heavy (non-hydrogen) atoms. The van der Waals surface area contributed by atoms with Crippen LogP contribution in [0, 0.1) is 6.92 Å². The number of aryl methyl sites for hydroxylation is 1. The molecular weight excluding hydrogens is 327 g/mol. The first-order chi connectivity index (χ1) is 10.3. The Hall–Kier alpha value is -2.05. The van der Waals surface area contributed by atoms with Gasteiger partial charge in [-0.15, -0.1) is 0 Å². The first-order valence-corrected chi connectivity index (χ1v) is 7.10. The molecule has 0 aliphatic heterocycles. The van der Waals surface area contributed by atoms with Crippen molar-refractivity contribution in [1.29, 1.82) is 0 Å². The summed E-state index contributed by atoms with van der Waals surface area (Å²) in [6.07, 6.45) is 1.40. The van der Waals surface area contributed by atoms with Gasteiger partial charge >= 0.3 is 0 Å². The molecule has 0 unspecified atom stereocenters. The Balaban J connectivity index is 2.48. The van der Waals surface area contributed by atoms with Gasteiger partial charge in [0.2, 0.25) is 5.91 Å². The van der Waals surface area contributed by atoms with Gasteiger partial charge in [0.05, 0.1) is 24.1 Å². The molecule has 0 bridgehead atoms. The number of carbonyl (C=O) groups is 1. The van der Waals surface area contributed by atoms with Crippen molar-refractivity contribution >= 4 is 34.8 Å². The number of primary amides is 1. The summed E-state index contributed by atoms with van der Waals surface area (Å²) in [6.45, 7) is 1.79. The maximum absolute atomic E-state index is 12.4. The predicted molar refractivity (Wildman–Crippen MR) is 87.1 cm³/mol. The lowest BCUT2D eigenvalue weighted by molar-refractivity contribution is -0.116. The Morgan fingerprint density at radius 2 is 2.09 bits per heavy atom. The van der Waals surface area contributed by atoms with Gasteiger partial charge in [-0.3, -0.25) is 9.59 Å². The number of rotatable bonds is 4. The molecule has 2 N–H and O–H groups in total. The van der Waals surface area contributed by atoms with E-state index in [1.807, 2.05) is 6.92 Å². The molecule has 0 aliphatic carbocycles. The molecule has 1 heterocycles. The number of hydrogen-bond donors (Lipinski definition) is 1. The molecule has 0 spiro atoms. The van der Waals surface area contributed by atoms with Crippen molar-refractivity contribution in [1.82, 2.24) is 9.78 Å². The Kier molecular flexibility index (Phi) is 4.73. The Labute approximate surface area is 137 Å². The molecule has 0 fully saturated rings. The molecule has 0 saturated carbocycles. The van der Waals surface area contributed by atoms with Gasteiger partial charge in [0.25, 0.3) is 5.56 Å². The molecule has 1 amide bonds. The first-order valence-electron chi connectivity index (χ1n) is 6.35. The molecule has 1 aromatic carbocycles. The lowest BCUT2D eigenvalue weighted by Gasteiger charge is -2.18. The quantitative estimate of drug-likeness (QED) is 0.919. The van der Waals surface area contributed by atoms with Crippen LogP contribution in [-0.4, -0.2) is 29.3 Å².